The van der Waals surface area contributed by atoms with Gasteiger partial charge >= 0.3 is 0 Å². The number of rotatable bonds is 3. The minimum Gasteiger partial charge on any atom is -0.297 e. The van der Waals surface area contributed by atoms with Gasteiger partial charge in [-0.2, -0.15) is 5.26 Å². The van der Waals surface area contributed by atoms with Gasteiger partial charge in [-0.3, -0.25) is 4.90 Å². The van der Waals surface area contributed by atoms with Crippen LogP contribution in [-0.2, 0) is 6.54 Å². The van der Waals surface area contributed by atoms with Crippen LogP contribution in [0.5, 0.6) is 0 Å². The number of likely N-dealkylation sites (tertiary alicyclic amines) is 1. The Morgan fingerprint density at radius 3 is 2.76 bits per heavy atom. The molecule has 0 saturated carbocycles. The fraction of sp³-hybridized carbons (Fsp3) is 0.667. The fourth-order valence-electron chi connectivity index (χ4n) is 2.14. The summed E-state index contributed by atoms with van der Waals surface area (Å²) < 4.78 is -0.144. The largest absolute Gasteiger partial charge is 0.297 e. The molecule has 1 aromatic heterocycles. The van der Waals surface area contributed by atoms with E-state index in [-0.39, 0.29) is 4.75 Å². The third-order valence-electron chi connectivity index (χ3n) is 3.31. The molecule has 0 atom stereocenters. The summed E-state index contributed by atoms with van der Waals surface area (Å²) in [6, 6.07) is 2.48. The van der Waals surface area contributed by atoms with E-state index in [1.54, 1.807) is 23.1 Å². The summed E-state index contributed by atoms with van der Waals surface area (Å²) in [6.45, 7) is 4.98. The molecule has 1 aliphatic rings. The summed E-state index contributed by atoms with van der Waals surface area (Å²) >= 11 is 3.41. The van der Waals surface area contributed by atoms with Crippen molar-refractivity contribution in [2.24, 2.45) is 0 Å². The Kier molecular flexibility index (Phi) is 4.08. The van der Waals surface area contributed by atoms with Crippen molar-refractivity contribution in [3.63, 3.8) is 0 Å². The van der Waals surface area contributed by atoms with Gasteiger partial charge in [0.25, 0.3) is 0 Å². The van der Waals surface area contributed by atoms with Crippen LogP contribution < -0.4 is 0 Å². The predicted octanol–water partition coefficient (Wildman–Crippen LogP) is 2.67. The van der Waals surface area contributed by atoms with Gasteiger partial charge in [0.05, 0.1) is 16.8 Å². The molecular weight excluding hydrogens is 250 g/mol. The van der Waals surface area contributed by atoms with Crippen molar-refractivity contribution in [3.8, 4) is 6.07 Å². The van der Waals surface area contributed by atoms with Crippen LogP contribution in [0.25, 0.3) is 0 Å². The zero-order valence-electron chi connectivity index (χ0n) is 10.3. The molecule has 1 aromatic rings. The highest BCUT2D eigenvalue weighted by Gasteiger charge is 2.33. The summed E-state index contributed by atoms with van der Waals surface area (Å²) in [7, 11) is 0. The molecule has 3 nitrogen and oxygen atoms in total. The van der Waals surface area contributed by atoms with Crippen LogP contribution in [0.4, 0.5) is 0 Å². The van der Waals surface area contributed by atoms with E-state index in [0.29, 0.717) is 0 Å². The number of aryl methyl sites for hydroxylation is 1. The van der Waals surface area contributed by atoms with E-state index in [9.17, 15) is 5.26 Å². The molecule has 5 heteroatoms. The Labute approximate surface area is 111 Å². The SMILES string of the molecule is CSC1(C#N)CCN(Cc2csc(C)n2)CC1. The Morgan fingerprint density at radius 1 is 1.59 bits per heavy atom. The van der Waals surface area contributed by atoms with Crippen LogP contribution in [0.2, 0.25) is 0 Å². The summed E-state index contributed by atoms with van der Waals surface area (Å²) in [5.41, 5.74) is 1.17. The number of aromatic nitrogens is 1. The monoisotopic (exact) mass is 267 g/mol. The quantitative estimate of drug-likeness (QED) is 0.844. The van der Waals surface area contributed by atoms with Crippen LogP contribution in [0.15, 0.2) is 5.38 Å². The van der Waals surface area contributed by atoms with Crippen LogP contribution in [0.3, 0.4) is 0 Å². The fourth-order valence-corrected chi connectivity index (χ4v) is 3.43. The van der Waals surface area contributed by atoms with Gasteiger partial charge in [0.15, 0.2) is 0 Å². The lowest BCUT2D eigenvalue weighted by Gasteiger charge is -2.35. The summed E-state index contributed by atoms with van der Waals surface area (Å²) in [5, 5.41) is 12.5. The Morgan fingerprint density at radius 2 is 2.29 bits per heavy atom. The number of nitriles is 1. The number of nitrogens with zero attached hydrogens (tertiary/aromatic N) is 3. The summed E-state index contributed by atoms with van der Waals surface area (Å²) in [4.78, 5) is 6.89. The van der Waals surface area contributed by atoms with Gasteiger partial charge in [-0.25, -0.2) is 4.98 Å². The van der Waals surface area contributed by atoms with Gasteiger partial charge in [0, 0.05) is 25.0 Å². The lowest BCUT2D eigenvalue weighted by Crippen LogP contribution is -2.41. The average Bonchev–Trinajstić information content (AvgIpc) is 2.76. The zero-order chi connectivity index (χ0) is 12.3. The molecule has 0 aromatic carbocycles. The lowest BCUT2D eigenvalue weighted by molar-refractivity contribution is 0.207. The molecule has 92 valence electrons. The number of thioether (sulfide) groups is 1. The highest BCUT2D eigenvalue weighted by atomic mass is 32.2. The first-order valence-electron chi connectivity index (χ1n) is 5.77. The average molecular weight is 267 g/mol. The second-order valence-corrected chi connectivity index (χ2v) is 6.70. The van der Waals surface area contributed by atoms with E-state index in [1.165, 1.54) is 5.69 Å². The van der Waals surface area contributed by atoms with E-state index in [4.69, 9.17) is 0 Å². The molecule has 0 unspecified atom stereocenters. The topological polar surface area (TPSA) is 39.9 Å². The second-order valence-electron chi connectivity index (χ2n) is 4.44. The number of hydrogen-bond acceptors (Lipinski definition) is 5. The van der Waals surface area contributed by atoms with Gasteiger partial charge in [-0.15, -0.1) is 23.1 Å². The van der Waals surface area contributed by atoms with E-state index >= 15 is 0 Å². The molecule has 17 heavy (non-hydrogen) atoms. The van der Waals surface area contributed by atoms with Crippen molar-refractivity contribution in [2.75, 3.05) is 19.3 Å². The molecule has 0 N–H and O–H groups in total. The van der Waals surface area contributed by atoms with E-state index in [2.05, 4.69) is 21.3 Å². The van der Waals surface area contributed by atoms with E-state index in [0.717, 1.165) is 37.5 Å². The highest BCUT2D eigenvalue weighted by molar-refractivity contribution is 8.00. The first-order valence-corrected chi connectivity index (χ1v) is 7.88. The summed E-state index contributed by atoms with van der Waals surface area (Å²) in [5.74, 6) is 0. The Balaban J connectivity index is 1.90. The molecular formula is C12H17N3S2. The van der Waals surface area contributed by atoms with Crippen LogP contribution in [-0.4, -0.2) is 34.0 Å². The van der Waals surface area contributed by atoms with Crippen LogP contribution >= 0.6 is 23.1 Å². The van der Waals surface area contributed by atoms with Crippen LogP contribution in [0, 0.1) is 18.3 Å². The van der Waals surface area contributed by atoms with Crippen molar-refractivity contribution >= 4 is 23.1 Å². The van der Waals surface area contributed by atoms with E-state index in [1.807, 2.05) is 13.2 Å². The maximum absolute atomic E-state index is 9.22. The molecule has 0 aliphatic carbocycles. The third-order valence-corrected chi connectivity index (χ3v) is 5.41. The van der Waals surface area contributed by atoms with Crippen molar-refractivity contribution in [1.82, 2.24) is 9.88 Å². The predicted molar refractivity (Wildman–Crippen MR) is 73.2 cm³/mol. The molecule has 0 radical (unpaired) electrons. The standard InChI is InChI=1S/C12H17N3S2/c1-10-14-11(8-17-10)7-15-5-3-12(9-13,16-2)4-6-15/h8H,3-7H2,1-2H3. The van der Waals surface area contributed by atoms with Crippen molar-refractivity contribution in [2.45, 2.75) is 31.1 Å². The molecule has 0 spiro atoms. The molecule has 2 heterocycles. The molecule has 0 amide bonds. The number of hydrogen-bond donors (Lipinski definition) is 0. The van der Waals surface area contributed by atoms with Crippen molar-refractivity contribution < 1.29 is 0 Å². The molecule has 1 fully saturated rings. The maximum atomic E-state index is 9.22. The number of thiazole rings is 1. The molecule has 0 bridgehead atoms. The Bertz CT molecular complexity index is 414. The molecule has 1 saturated heterocycles. The van der Waals surface area contributed by atoms with Crippen molar-refractivity contribution in [3.05, 3.63) is 16.1 Å². The van der Waals surface area contributed by atoms with Gasteiger partial charge in [-0.05, 0) is 26.0 Å². The van der Waals surface area contributed by atoms with Crippen LogP contribution in [0.1, 0.15) is 23.5 Å². The van der Waals surface area contributed by atoms with E-state index < -0.39 is 0 Å². The smallest absolute Gasteiger partial charge is 0.104 e. The van der Waals surface area contributed by atoms with Gasteiger partial charge in [0.1, 0.15) is 4.75 Å². The first-order chi connectivity index (χ1) is 8.17. The minimum absolute atomic E-state index is 0.144. The normalized spacial score (nSPS) is 20.1. The first kappa shape index (κ1) is 12.9. The third kappa shape index (κ3) is 3.01. The Hall–Kier alpha value is -0.570. The molecule has 2 rings (SSSR count). The number of piperidine rings is 1. The van der Waals surface area contributed by atoms with Gasteiger partial charge in [0.2, 0.25) is 0 Å². The maximum Gasteiger partial charge on any atom is 0.104 e. The van der Waals surface area contributed by atoms with Gasteiger partial charge < -0.3 is 0 Å². The summed E-state index contributed by atoms with van der Waals surface area (Å²) in [6.07, 6.45) is 3.98. The van der Waals surface area contributed by atoms with Crippen molar-refractivity contribution in [1.29, 1.82) is 5.26 Å². The zero-order valence-corrected chi connectivity index (χ0v) is 11.9. The lowest BCUT2D eigenvalue weighted by atomic mass is 9.97. The van der Waals surface area contributed by atoms with Gasteiger partial charge in [-0.1, -0.05) is 0 Å². The second kappa shape index (κ2) is 5.38. The highest BCUT2D eigenvalue weighted by Crippen LogP contribution is 2.34. The minimum atomic E-state index is -0.144. The molecule has 1 aliphatic heterocycles.